The molecule has 0 N–H and O–H groups in total. The second-order valence-corrected chi connectivity index (χ2v) is 6.53. The van der Waals surface area contributed by atoms with Crippen molar-refractivity contribution >= 4 is 29.3 Å². The number of amides is 1. The molecule has 0 spiro atoms. The number of anilines is 1. The lowest BCUT2D eigenvalue weighted by Crippen LogP contribution is -2.31. The predicted octanol–water partition coefficient (Wildman–Crippen LogP) is 5.06. The van der Waals surface area contributed by atoms with Gasteiger partial charge in [0.2, 0.25) is 0 Å². The van der Waals surface area contributed by atoms with Crippen LogP contribution in [0, 0.1) is 0 Å². The fraction of sp³-hybridized carbons (Fsp3) is 0.136. The van der Waals surface area contributed by atoms with Gasteiger partial charge in [-0.15, -0.1) is 0 Å². The van der Waals surface area contributed by atoms with Gasteiger partial charge in [-0.05, 0) is 41.4 Å². The maximum atomic E-state index is 13.0. The number of carbonyl (C=O) groups is 1. The zero-order valence-corrected chi connectivity index (χ0v) is 15.8. The topological polar surface area (TPSA) is 51.9 Å². The molecule has 0 unspecified atom stereocenters. The summed E-state index contributed by atoms with van der Waals surface area (Å²) in [6.07, 6.45) is 3.89. The minimum absolute atomic E-state index is 0.172. The molecule has 1 aliphatic heterocycles. The number of fused-ring (bicyclic) bond motifs is 1. The zero-order valence-electron chi connectivity index (χ0n) is 15.0. The first kappa shape index (κ1) is 18.2. The van der Waals surface area contributed by atoms with Gasteiger partial charge >= 0.3 is 0 Å². The van der Waals surface area contributed by atoms with E-state index in [1.165, 1.54) is 0 Å². The number of ether oxygens (including phenoxy) is 2. The fourth-order valence-electron chi connectivity index (χ4n) is 2.93. The summed E-state index contributed by atoms with van der Waals surface area (Å²) in [6.45, 7) is 1.34. The molecule has 0 radical (unpaired) electrons. The number of halogens is 1. The van der Waals surface area contributed by atoms with E-state index in [1.807, 2.05) is 48.6 Å². The zero-order chi connectivity index (χ0) is 19.3. The summed E-state index contributed by atoms with van der Waals surface area (Å²) in [4.78, 5) is 14.6. The Bertz CT molecular complexity index is 997. The highest BCUT2D eigenvalue weighted by Gasteiger charge is 2.22. The molecule has 1 aliphatic rings. The van der Waals surface area contributed by atoms with Crippen molar-refractivity contribution in [2.45, 2.75) is 0 Å². The Morgan fingerprint density at radius 1 is 1.00 bits per heavy atom. The third-order valence-corrected chi connectivity index (χ3v) is 4.47. The first-order valence-electron chi connectivity index (χ1n) is 8.89. The Labute approximate surface area is 167 Å². The van der Waals surface area contributed by atoms with E-state index in [0.29, 0.717) is 36.9 Å². The highest BCUT2D eigenvalue weighted by Crippen LogP contribution is 2.34. The molecule has 28 heavy (non-hydrogen) atoms. The summed E-state index contributed by atoms with van der Waals surface area (Å²) in [7, 11) is 0. The van der Waals surface area contributed by atoms with Gasteiger partial charge in [-0.1, -0.05) is 42.5 Å². The lowest BCUT2D eigenvalue weighted by atomic mass is 10.2. The van der Waals surface area contributed by atoms with Gasteiger partial charge in [0.1, 0.15) is 13.2 Å². The highest BCUT2D eigenvalue weighted by atomic mass is 35.5. The van der Waals surface area contributed by atoms with Crippen molar-refractivity contribution in [2.75, 3.05) is 24.7 Å². The molecule has 0 fully saturated rings. The Kier molecular flexibility index (Phi) is 5.35. The van der Waals surface area contributed by atoms with E-state index < -0.39 is 0 Å². The standard InChI is InChI=1S/C22H18ClNO4/c23-21-11-10-19(28-21)22(25)24(12-4-7-16-5-2-1-3-6-16)17-8-9-18-20(15-17)27-14-13-26-18/h1-11,15H,12-14H2. The fourth-order valence-corrected chi connectivity index (χ4v) is 3.07. The largest absolute Gasteiger partial charge is 0.486 e. The first-order valence-corrected chi connectivity index (χ1v) is 9.27. The number of rotatable bonds is 5. The van der Waals surface area contributed by atoms with Crippen LogP contribution in [0.2, 0.25) is 5.22 Å². The number of hydrogen-bond acceptors (Lipinski definition) is 4. The van der Waals surface area contributed by atoms with Gasteiger partial charge in [0, 0.05) is 18.3 Å². The van der Waals surface area contributed by atoms with Crippen LogP contribution < -0.4 is 14.4 Å². The second-order valence-electron chi connectivity index (χ2n) is 6.16. The average molecular weight is 396 g/mol. The molecule has 2 aromatic carbocycles. The summed E-state index contributed by atoms with van der Waals surface area (Å²) in [5.74, 6) is 1.17. The number of nitrogens with zero attached hydrogens (tertiary/aromatic N) is 1. The molecule has 0 saturated heterocycles. The molecule has 5 nitrogen and oxygen atoms in total. The summed E-state index contributed by atoms with van der Waals surface area (Å²) < 4.78 is 16.5. The van der Waals surface area contributed by atoms with Crippen LogP contribution in [0.15, 0.2) is 71.2 Å². The maximum Gasteiger partial charge on any atom is 0.294 e. The number of furan rings is 1. The molecule has 0 aliphatic carbocycles. The third kappa shape index (κ3) is 4.05. The van der Waals surface area contributed by atoms with Crippen LogP contribution >= 0.6 is 11.6 Å². The third-order valence-electron chi connectivity index (χ3n) is 4.26. The predicted molar refractivity (Wildman–Crippen MR) is 108 cm³/mol. The molecule has 4 rings (SSSR count). The van der Waals surface area contributed by atoms with Crippen LogP contribution in [0.1, 0.15) is 16.1 Å². The normalized spacial score (nSPS) is 12.9. The van der Waals surface area contributed by atoms with E-state index in [2.05, 4.69) is 0 Å². The smallest absolute Gasteiger partial charge is 0.294 e. The summed E-state index contributed by atoms with van der Waals surface area (Å²) in [5, 5.41) is 0.172. The van der Waals surface area contributed by atoms with Crippen LogP contribution in [0.5, 0.6) is 11.5 Å². The Morgan fingerprint density at radius 3 is 2.54 bits per heavy atom. The first-order chi connectivity index (χ1) is 13.7. The van der Waals surface area contributed by atoms with Gasteiger partial charge in [0.05, 0.1) is 0 Å². The monoisotopic (exact) mass is 395 g/mol. The molecule has 2 heterocycles. The van der Waals surface area contributed by atoms with E-state index in [-0.39, 0.29) is 16.9 Å². The van der Waals surface area contributed by atoms with Crippen LogP contribution in [-0.2, 0) is 0 Å². The minimum atomic E-state index is -0.290. The molecule has 6 heteroatoms. The molecule has 3 aromatic rings. The molecule has 142 valence electrons. The van der Waals surface area contributed by atoms with Crippen molar-refractivity contribution in [3.63, 3.8) is 0 Å². The molecule has 1 amide bonds. The van der Waals surface area contributed by atoms with E-state index in [1.54, 1.807) is 29.2 Å². The number of carbonyl (C=O) groups excluding carboxylic acids is 1. The Morgan fingerprint density at radius 2 is 1.79 bits per heavy atom. The van der Waals surface area contributed by atoms with E-state index in [9.17, 15) is 4.79 Å². The van der Waals surface area contributed by atoms with E-state index >= 15 is 0 Å². The molecule has 0 saturated carbocycles. The number of hydrogen-bond donors (Lipinski definition) is 0. The second kappa shape index (κ2) is 8.23. The van der Waals surface area contributed by atoms with Crippen molar-refractivity contribution in [3.8, 4) is 11.5 Å². The SMILES string of the molecule is O=C(c1ccc(Cl)o1)N(CC=Cc1ccccc1)c1ccc2c(c1)OCCO2. The Hall–Kier alpha value is -3.18. The van der Waals surface area contributed by atoms with Crippen molar-refractivity contribution in [2.24, 2.45) is 0 Å². The average Bonchev–Trinajstić information content (AvgIpc) is 3.17. The lowest BCUT2D eigenvalue weighted by Gasteiger charge is -2.24. The molecule has 1 aromatic heterocycles. The highest BCUT2D eigenvalue weighted by molar-refractivity contribution is 6.29. The Balaban J connectivity index is 1.63. The molecular formula is C22H18ClNO4. The molecule has 0 atom stereocenters. The summed E-state index contributed by atoms with van der Waals surface area (Å²) in [5.41, 5.74) is 1.73. The lowest BCUT2D eigenvalue weighted by molar-refractivity contribution is 0.0963. The van der Waals surface area contributed by atoms with Crippen LogP contribution in [0.25, 0.3) is 6.08 Å². The van der Waals surface area contributed by atoms with Crippen molar-refractivity contribution < 1.29 is 18.7 Å². The van der Waals surface area contributed by atoms with Gasteiger partial charge in [-0.3, -0.25) is 4.79 Å². The van der Waals surface area contributed by atoms with Gasteiger partial charge in [-0.25, -0.2) is 0 Å². The van der Waals surface area contributed by atoms with E-state index in [4.69, 9.17) is 25.5 Å². The van der Waals surface area contributed by atoms with Gasteiger partial charge in [-0.2, -0.15) is 0 Å². The maximum absolute atomic E-state index is 13.0. The van der Waals surface area contributed by atoms with Crippen molar-refractivity contribution in [1.29, 1.82) is 0 Å². The quantitative estimate of drug-likeness (QED) is 0.605. The molecular weight excluding hydrogens is 378 g/mol. The van der Waals surface area contributed by atoms with Gasteiger partial charge in [0.15, 0.2) is 22.5 Å². The van der Waals surface area contributed by atoms with Gasteiger partial charge < -0.3 is 18.8 Å². The van der Waals surface area contributed by atoms with Gasteiger partial charge in [0.25, 0.3) is 5.91 Å². The summed E-state index contributed by atoms with van der Waals surface area (Å²) >= 11 is 5.85. The molecule has 0 bridgehead atoms. The number of benzene rings is 2. The summed E-state index contributed by atoms with van der Waals surface area (Å²) in [6, 6.07) is 18.4. The van der Waals surface area contributed by atoms with Crippen LogP contribution in [0.3, 0.4) is 0 Å². The van der Waals surface area contributed by atoms with E-state index in [0.717, 1.165) is 5.56 Å². The van der Waals surface area contributed by atoms with Crippen LogP contribution in [0.4, 0.5) is 5.69 Å². The minimum Gasteiger partial charge on any atom is -0.486 e. The van der Waals surface area contributed by atoms with Crippen LogP contribution in [-0.4, -0.2) is 25.7 Å². The van der Waals surface area contributed by atoms with Crippen molar-refractivity contribution in [3.05, 3.63) is 83.3 Å². The van der Waals surface area contributed by atoms with Crippen molar-refractivity contribution in [1.82, 2.24) is 0 Å².